The Morgan fingerprint density at radius 2 is 1.46 bits per heavy atom. The Labute approximate surface area is 144 Å². The summed E-state index contributed by atoms with van der Waals surface area (Å²) in [5, 5.41) is 8.95. The summed E-state index contributed by atoms with van der Waals surface area (Å²) in [6.07, 6.45) is 2.88. The third-order valence-electron chi connectivity index (χ3n) is 3.93. The normalized spacial score (nSPS) is 12.6. The highest BCUT2D eigenvalue weighted by atomic mass is 16.5. The number of nitrogens with zero attached hydrogens (tertiary/aromatic N) is 2. The molecule has 0 radical (unpaired) electrons. The number of methoxy groups -OCH3 is 2. The highest BCUT2D eigenvalue weighted by molar-refractivity contribution is 5.59. The molecule has 0 fully saturated rings. The summed E-state index contributed by atoms with van der Waals surface area (Å²) >= 11 is 0. The fraction of sp³-hybridized carbons (Fsp3) is 0.300. The molecule has 1 atom stereocenters. The van der Waals surface area contributed by atoms with Gasteiger partial charge in [-0.25, -0.2) is 0 Å². The van der Waals surface area contributed by atoms with Crippen molar-refractivity contribution in [1.29, 1.82) is 0 Å². The third-order valence-corrected chi connectivity index (χ3v) is 3.93. The smallest absolute Gasteiger partial charge is 0.118 e. The third kappa shape index (κ3) is 4.77. The second-order valence-corrected chi connectivity index (χ2v) is 5.39. The summed E-state index contributed by atoms with van der Waals surface area (Å²) < 4.78 is 10.4. The van der Waals surface area contributed by atoms with Crippen LogP contribution in [0.1, 0.15) is 11.1 Å². The van der Waals surface area contributed by atoms with Crippen molar-refractivity contribution in [3.05, 3.63) is 76.0 Å². The number of hydrogen-bond acceptors (Lipinski definition) is 2. The fourth-order valence-corrected chi connectivity index (χ4v) is 2.49. The lowest BCUT2D eigenvalue weighted by Crippen LogP contribution is -2.12. The predicted molar refractivity (Wildman–Crippen MR) is 100 cm³/mol. The van der Waals surface area contributed by atoms with E-state index in [2.05, 4.69) is 28.8 Å². The molecule has 1 unspecified atom stereocenters. The minimum atomic E-state index is 0.0190. The van der Waals surface area contributed by atoms with Crippen LogP contribution in [0.25, 0.3) is 16.7 Å². The van der Waals surface area contributed by atoms with E-state index in [4.69, 9.17) is 9.47 Å². The first kappa shape index (κ1) is 17.9. The van der Waals surface area contributed by atoms with Gasteiger partial charge in [-0.2, -0.15) is 12.7 Å². The Balaban J connectivity index is 2.16. The second-order valence-electron chi connectivity index (χ2n) is 5.39. The molecule has 2 rings (SSSR count). The zero-order chi connectivity index (χ0) is 17.4. The largest absolute Gasteiger partial charge is 0.691 e. The van der Waals surface area contributed by atoms with Gasteiger partial charge in [-0.3, -0.25) is 0 Å². The van der Waals surface area contributed by atoms with Crippen LogP contribution in [0.4, 0.5) is 0 Å². The Bertz CT molecular complexity index is 648. The summed E-state index contributed by atoms with van der Waals surface area (Å²) in [6, 6.07) is 16.0. The molecule has 4 heteroatoms. The summed E-state index contributed by atoms with van der Waals surface area (Å²) in [5.41, 5.74) is 3.24. The molecule has 4 nitrogen and oxygen atoms in total. The highest BCUT2D eigenvalue weighted by Crippen LogP contribution is 2.24. The molecule has 2 aromatic carbocycles. The number of benzene rings is 2. The molecule has 0 N–H and O–H groups in total. The molecular formula is C20H24N2O2-2. The van der Waals surface area contributed by atoms with Gasteiger partial charge in [0, 0.05) is 0 Å². The highest BCUT2D eigenvalue weighted by Gasteiger charge is 2.01. The number of rotatable bonds is 8. The first-order valence-electron chi connectivity index (χ1n) is 7.87. The first-order valence-corrected chi connectivity index (χ1v) is 7.87. The summed E-state index contributed by atoms with van der Waals surface area (Å²) in [6.45, 7) is 0. The minimum Gasteiger partial charge on any atom is -0.691 e. The van der Waals surface area contributed by atoms with Gasteiger partial charge in [0.1, 0.15) is 11.5 Å². The van der Waals surface area contributed by atoms with Gasteiger partial charge < -0.3 is 20.1 Å². The van der Waals surface area contributed by atoms with Crippen LogP contribution in [0.2, 0.25) is 0 Å². The van der Waals surface area contributed by atoms with Crippen molar-refractivity contribution in [2.24, 2.45) is 0 Å². The lowest BCUT2D eigenvalue weighted by molar-refractivity contribution is 0.414. The number of hydrogen-bond donors (Lipinski definition) is 0. The quantitative estimate of drug-likeness (QED) is 0.709. The van der Waals surface area contributed by atoms with Crippen LogP contribution >= 0.6 is 0 Å². The minimum absolute atomic E-state index is 0.0190. The average molecular weight is 324 g/mol. The Kier molecular flexibility index (Phi) is 6.70. The van der Waals surface area contributed by atoms with Gasteiger partial charge in [0.2, 0.25) is 0 Å². The predicted octanol–water partition coefficient (Wildman–Crippen LogP) is 4.66. The average Bonchev–Trinajstić information content (AvgIpc) is 2.65. The van der Waals surface area contributed by atoms with E-state index in [1.54, 1.807) is 14.2 Å². The van der Waals surface area contributed by atoms with Gasteiger partial charge in [0.25, 0.3) is 0 Å². The SMILES string of the molecule is C[N-]C(=Cc1ccc(OC)cc1)C(Cc1ccc(OC)cc1)[N-]C. The molecule has 0 saturated heterocycles. The van der Waals surface area contributed by atoms with E-state index in [9.17, 15) is 0 Å². The zero-order valence-corrected chi connectivity index (χ0v) is 14.7. The molecule has 24 heavy (non-hydrogen) atoms. The number of ether oxygens (including phenoxy) is 2. The van der Waals surface area contributed by atoms with Crippen molar-refractivity contribution in [2.45, 2.75) is 12.5 Å². The molecule has 0 amide bonds. The van der Waals surface area contributed by atoms with Crippen molar-refractivity contribution in [2.75, 3.05) is 28.3 Å². The second kappa shape index (κ2) is 8.99. The van der Waals surface area contributed by atoms with E-state index in [0.717, 1.165) is 29.2 Å². The van der Waals surface area contributed by atoms with Gasteiger partial charge in [-0.15, -0.1) is 13.1 Å². The van der Waals surface area contributed by atoms with E-state index in [1.807, 2.05) is 50.5 Å². The van der Waals surface area contributed by atoms with Crippen molar-refractivity contribution in [3.8, 4) is 11.5 Å². The van der Waals surface area contributed by atoms with E-state index >= 15 is 0 Å². The van der Waals surface area contributed by atoms with Crippen molar-refractivity contribution < 1.29 is 9.47 Å². The summed E-state index contributed by atoms with van der Waals surface area (Å²) in [4.78, 5) is 0. The van der Waals surface area contributed by atoms with E-state index in [1.165, 1.54) is 5.56 Å². The van der Waals surface area contributed by atoms with Gasteiger partial charge in [-0.05, 0) is 41.8 Å². The molecule has 128 valence electrons. The zero-order valence-electron chi connectivity index (χ0n) is 14.7. The van der Waals surface area contributed by atoms with Gasteiger partial charge in [-0.1, -0.05) is 30.3 Å². The first-order chi connectivity index (χ1) is 11.7. The standard InChI is InChI=1S/C20H24N2O2/c1-21-19(13-15-5-9-17(23-3)10-6-15)20(22-2)14-16-7-11-18(24-4)12-8-16/h5-13,20H,14H2,1-4H3/q-2. The van der Waals surface area contributed by atoms with Gasteiger partial charge in [0.05, 0.1) is 14.2 Å². The van der Waals surface area contributed by atoms with Crippen LogP contribution in [0, 0.1) is 0 Å². The maximum atomic E-state index is 5.20. The molecule has 2 aromatic rings. The molecule has 0 spiro atoms. The Hall–Kier alpha value is -2.46. The topological polar surface area (TPSA) is 46.7 Å². The van der Waals surface area contributed by atoms with Crippen LogP contribution in [-0.4, -0.2) is 34.4 Å². The van der Waals surface area contributed by atoms with E-state index in [0.29, 0.717) is 0 Å². The van der Waals surface area contributed by atoms with Crippen LogP contribution in [0.5, 0.6) is 11.5 Å². The molecule has 0 bridgehead atoms. The summed E-state index contributed by atoms with van der Waals surface area (Å²) in [7, 11) is 6.98. The molecule has 0 aliphatic rings. The molecule has 0 heterocycles. The molecule has 0 aromatic heterocycles. The Morgan fingerprint density at radius 3 is 1.92 bits per heavy atom. The lowest BCUT2D eigenvalue weighted by atomic mass is 10.0. The van der Waals surface area contributed by atoms with E-state index < -0.39 is 0 Å². The van der Waals surface area contributed by atoms with Crippen LogP contribution in [0.15, 0.2) is 54.2 Å². The maximum Gasteiger partial charge on any atom is 0.118 e. The van der Waals surface area contributed by atoms with Crippen LogP contribution in [0.3, 0.4) is 0 Å². The lowest BCUT2D eigenvalue weighted by Gasteiger charge is -2.38. The van der Waals surface area contributed by atoms with Gasteiger partial charge in [0.15, 0.2) is 0 Å². The monoisotopic (exact) mass is 324 g/mol. The van der Waals surface area contributed by atoms with Crippen molar-refractivity contribution in [1.82, 2.24) is 0 Å². The molecule has 0 aliphatic carbocycles. The number of likely N-dealkylation sites (N-methyl/N-ethyl adjacent to an activating group) is 2. The molecule has 0 saturated carbocycles. The van der Waals surface area contributed by atoms with Crippen LogP contribution < -0.4 is 9.47 Å². The summed E-state index contributed by atoms with van der Waals surface area (Å²) in [5.74, 6) is 1.70. The van der Waals surface area contributed by atoms with Crippen LogP contribution in [-0.2, 0) is 6.42 Å². The fourth-order valence-electron chi connectivity index (χ4n) is 2.49. The Morgan fingerprint density at radius 1 is 0.917 bits per heavy atom. The molecule has 0 aliphatic heterocycles. The maximum absolute atomic E-state index is 5.20. The van der Waals surface area contributed by atoms with Gasteiger partial charge >= 0.3 is 0 Å². The molecular weight excluding hydrogens is 300 g/mol. The van der Waals surface area contributed by atoms with E-state index in [-0.39, 0.29) is 6.04 Å². The van der Waals surface area contributed by atoms with Crippen molar-refractivity contribution >= 4 is 6.08 Å². The van der Waals surface area contributed by atoms with Crippen molar-refractivity contribution in [3.63, 3.8) is 0 Å².